The summed E-state index contributed by atoms with van der Waals surface area (Å²) in [4.78, 5) is 19.3. The third kappa shape index (κ3) is 6.80. The van der Waals surface area contributed by atoms with E-state index in [1.54, 1.807) is 13.2 Å². The molecule has 5 heteroatoms. The van der Waals surface area contributed by atoms with Crippen LogP contribution in [0.1, 0.15) is 13.3 Å². The third-order valence-electron chi connectivity index (χ3n) is 0.784. The van der Waals surface area contributed by atoms with E-state index in [0.29, 0.717) is 6.42 Å². The van der Waals surface area contributed by atoms with E-state index in [1.807, 2.05) is 0 Å². The van der Waals surface area contributed by atoms with Crippen molar-refractivity contribution >= 4 is 12.7 Å². The molecule has 10 heavy (non-hydrogen) atoms. The Morgan fingerprint density at radius 3 is 2.10 bits per heavy atom. The molecule has 3 nitrogen and oxygen atoms in total. The number of carbonyl (C=O) groups excluding carboxylic acids is 2. The summed E-state index contributed by atoms with van der Waals surface area (Å²) in [6.45, 7) is 1.78. The fourth-order valence-corrected chi connectivity index (χ4v) is 0.286. The Balaban J connectivity index is -0.000000245. The summed E-state index contributed by atoms with van der Waals surface area (Å²) >= 11 is 0. The largest absolute Gasteiger partial charge is 0.549 e. The van der Waals surface area contributed by atoms with E-state index in [-0.39, 0.29) is 20.4 Å². The van der Waals surface area contributed by atoms with Crippen molar-refractivity contribution in [2.24, 2.45) is 0 Å². The van der Waals surface area contributed by atoms with Gasteiger partial charge in [-0.05, 0) is 0 Å². The predicted octanol–water partition coefficient (Wildman–Crippen LogP) is -0.471. The molecule has 1 unspecified atom stereocenters. The summed E-state index contributed by atoms with van der Waals surface area (Å²) in [7, 11) is 0. The SMILES string of the molecule is CCC([C-]=O)N[C-]=O.[Re].[Rf]. The molecule has 0 saturated heterocycles. The van der Waals surface area contributed by atoms with Gasteiger partial charge in [-0.15, -0.1) is 6.04 Å². The van der Waals surface area contributed by atoms with Gasteiger partial charge in [0, 0.05) is 20.4 Å². The molecule has 0 rings (SSSR count). The molecule has 0 aliphatic rings. The van der Waals surface area contributed by atoms with Crippen LogP contribution in [0.25, 0.3) is 0 Å². The minimum atomic E-state index is -0.479. The van der Waals surface area contributed by atoms with E-state index >= 15 is 0 Å². The van der Waals surface area contributed by atoms with E-state index in [4.69, 9.17) is 0 Å². The van der Waals surface area contributed by atoms with E-state index in [0.717, 1.165) is 0 Å². The topological polar surface area (TPSA) is 46.2 Å². The minimum absolute atomic E-state index is 0. The Kier molecular flexibility index (Phi) is 17.1. The Morgan fingerprint density at radius 1 is 1.50 bits per heavy atom. The van der Waals surface area contributed by atoms with Crippen LogP contribution < -0.4 is 5.32 Å². The summed E-state index contributed by atoms with van der Waals surface area (Å²) in [5.74, 6) is 0. The Labute approximate surface area is 67.9 Å². The average molecular weight is 566 g/mol. The van der Waals surface area contributed by atoms with Crippen LogP contribution in [0.5, 0.6) is 0 Å². The number of hydrogen-bond acceptors (Lipinski definition) is 2. The van der Waals surface area contributed by atoms with Crippen LogP contribution in [0, 0.1) is 0 Å². The summed E-state index contributed by atoms with van der Waals surface area (Å²) in [5, 5.41) is 2.15. The monoisotopic (exact) mass is 567 g/mol. The van der Waals surface area contributed by atoms with Gasteiger partial charge in [0.05, 0.1) is 0 Å². The van der Waals surface area contributed by atoms with Crippen LogP contribution in [0.15, 0.2) is 0 Å². The van der Waals surface area contributed by atoms with Gasteiger partial charge in [-0.2, -0.15) is 6.41 Å². The Hall–Kier alpha value is -1.20. The summed E-state index contributed by atoms with van der Waals surface area (Å²) in [5.41, 5.74) is 0. The second-order valence-electron chi connectivity index (χ2n) is 1.33. The first-order valence-corrected chi connectivity index (χ1v) is 2.35. The summed E-state index contributed by atoms with van der Waals surface area (Å²) in [6.07, 6.45) is 3.60. The normalized spacial score (nSPS) is 9.70. The number of rotatable bonds is 4. The van der Waals surface area contributed by atoms with Crippen LogP contribution in [0.2, 0.25) is 0 Å². The van der Waals surface area contributed by atoms with Crippen molar-refractivity contribution in [3.63, 3.8) is 0 Å². The average Bonchev–Trinajstić information content (AvgIpc) is 1.83. The molecule has 0 aliphatic heterocycles. The van der Waals surface area contributed by atoms with Gasteiger partial charge < -0.3 is 14.9 Å². The van der Waals surface area contributed by atoms with Gasteiger partial charge in [-0.3, -0.25) is 0 Å². The molecule has 0 saturated carbocycles. The summed E-state index contributed by atoms with van der Waals surface area (Å²) in [6, 6.07) is -0.479. The van der Waals surface area contributed by atoms with Crippen LogP contribution in [0.3, 0.4) is 0 Å². The van der Waals surface area contributed by atoms with Crippen molar-refractivity contribution in [2.45, 2.75) is 19.4 Å². The Morgan fingerprint density at radius 2 is 2.00 bits per heavy atom. The molecule has 0 aromatic carbocycles. The van der Waals surface area contributed by atoms with E-state index in [9.17, 15) is 9.59 Å². The fraction of sp³-hybridized carbons (Fsp3) is 0.600. The number of hydrogen-bond donors (Lipinski definition) is 1. The molecule has 0 aliphatic carbocycles. The quantitative estimate of drug-likeness (QED) is 0.370. The van der Waals surface area contributed by atoms with Crippen molar-refractivity contribution in [1.29, 1.82) is 0 Å². The van der Waals surface area contributed by atoms with Crippen LogP contribution in [-0.2, 0) is 30.0 Å². The molecule has 0 fully saturated rings. The minimum Gasteiger partial charge on any atom is -0.549 e. The fourth-order valence-electron chi connectivity index (χ4n) is 0.286. The first kappa shape index (κ1) is 15.9. The molecule has 0 aromatic rings. The van der Waals surface area contributed by atoms with E-state index in [1.165, 1.54) is 6.41 Å². The maximum Gasteiger partial charge on any atom is 0 e. The van der Waals surface area contributed by atoms with Crippen molar-refractivity contribution in [2.75, 3.05) is 0 Å². The molecule has 1 radical (unpaired) electrons. The van der Waals surface area contributed by atoms with Crippen LogP contribution in [0.4, 0.5) is 0 Å². The van der Waals surface area contributed by atoms with Crippen molar-refractivity contribution in [1.82, 2.24) is 5.32 Å². The first-order valence-electron chi connectivity index (χ1n) is 2.35. The standard InChI is InChI=1S/C5H7NO2.Re.Rf/c1-2-5(3-7)6-4-8;;/h5H,2H2,1H3,(H,6,8);;/q-2;;. The van der Waals surface area contributed by atoms with Crippen molar-refractivity contribution in [3.05, 3.63) is 0 Å². The van der Waals surface area contributed by atoms with Crippen molar-refractivity contribution in [3.8, 4) is 0 Å². The predicted molar refractivity (Wildman–Crippen MR) is 28.6 cm³/mol. The molecule has 0 spiro atoms. The first-order chi connectivity index (χ1) is 3.85. The maximum absolute atomic E-state index is 9.76. The maximum atomic E-state index is 9.76. The molecule has 1 atom stereocenters. The number of amides is 1. The smallest absolute Gasteiger partial charge is 0 e. The zero-order valence-corrected chi connectivity index (χ0v) is 14.8. The van der Waals surface area contributed by atoms with Crippen LogP contribution in [-0.4, -0.2) is 18.7 Å². The van der Waals surface area contributed by atoms with Gasteiger partial charge >= 0.3 is 0 Å². The Bertz CT molecular complexity index is 91.7. The van der Waals surface area contributed by atoms with E-state index < -0.39 is 6.04 Å². The van der Waals surface area contributed by atoms with Gasteiger partial charge in [0.1, 0.15) is 0 Å². The third-order valence-corrected chi connectivity index (χ3v) is 0.784. The second-order valence-corrected chi connectivity index (χ2v) is 1.33. The summed E-state index contributed by atoms with van der Waals surface area (Å²) < 4.78 is 0. The number of nitrogens with one attached hydrogen (secondary N) is 1. The molecular weight excluding hydrogens is 559 g/mol. The molecule has 1 amide bonds. The molecule has 55 valence electrons. The van der Waals surface area contributed by atoms with Gasteiger partial charge in [0.2, 0.25) is 0 Å². The zero-order valence-electron chi connectivity index (χ0n) is 5.69. The van der Waals surface area contributed by atoms with Crippen LogP contribution >= 0.6 is 0 Å². The second kappa shape index (κ2) is 10.7. The molecule has 0 aromatic heterocycles. The van der Waals surface area contributed by atoms with Gasteiger partial charge in [-0.1, -0.05) is 13.3 Å². The van der Waals surface area contributed by atoms with Gasteiger partial charge in [0.15, 0.2) is 0 Å². The van der Waals surface area contributed by atoms with Gasteiger partial charge in [-0.25, -0.2) is 6.29 Å². The molecule has 0 heterocycles. The molecule has 0 bridgehead atoms. The zero-order chi connectivity index (χ0) is 6.41. The molecular formula is C5H7NO2ReRf-2. The van der Waals surface area contributed by atoms with Gasteiger partial charge in [0.25, 0.3) is 0 Å². The van der Waals surface area contributed by atoms with E-state index in [2.05, 4.69) is 5.32 Å². The molecule has 1 N–H and O–H groups in total. The van der Waals surface area contributed by atoms with Crippen molar-refractivity contribution < 1.29 is 30.0 Å².